The number of anilines is 1. The van der Waals surface area contributed by atoms with Crippen molar-refractivity contribution in [3.63, 3.8) is 0 Å². The third-order valence-corrected chi connectivity index (χ3v) is 5.38. The monoisotopic (exact) mass is 374 g/mol. The second kappa shape index (κ2) is 6.41. The van der Waals surface area contributed by atoms with Gasteiger partial charge in [-0.2, -0.15) is 4.98 Å². The zero-order valence-corrected chi connectivity index (χ0v) is 15.4. The second-order valence-electron chi connectivity index (χ2n) is 7.29. The maximum atomic E-state index is 14.7. The number of ketones is 1. The summed E-state index contributed by atoms with van der Waals surface area (Å²) >= 11 is 0. The highest BCUT2D eigenvalue weighted by Gasteiger charge is 2.37. The Labute approximate surface area is 161 Å². The highest BCUT2D eigenvalue weighted by Crippen LogP contribution is 2.41. The van der Waals surface area contributed by atoms with E-state index in [0.717, 1.165) is 29.7 Å². The van der Waals surface area contributed by atoms with E-state index >= 15 is 0 Å². The highest BCUT2D eigenvalue weighted by atomic mass is 19.1. The molecule has 1 aliphatic heterocycles. The maximum absolute atomic E-state index is 14.7. The van der Waals surface area contributed by atoms with Crippen molar-refractivity contribution in [3.8, 4) is 11.4 Å². The van der Waals surface area contributed by atoms with Gasteiger partial charge in [0.15, 0.2) is 11.6 Å². The number of nitrogens with one attached hydrogen (secondary N) is 1. The Balaban J connectivity index is 1.69. The molecule has 0 saturated heterocycles. The molecule has 5 rings (SSSR count). The molecular weight excluding hydrogens is 355 g/mol. The van der Waals surface area contributed by atoms with Gasteiger partial charge in [-0.1, -0.05) is 48.0 Å². The predicted octanol–water partition coefficient (Wildman–Crippen LogP) is 4.41. The van der Waals surface area contributed by atoms with Crippen molar-refractivity contribution < 1.29 is 9.18 Å². The number of fused-ring (bicyclic) bond motifs is 1. The number of carbonyl (C=O) groups is 1. The lowest BCUT2D eigenvalue weighted by atomic mass is 9.85. The molecule has 0 amide bonds. The molecule has 1 atom stereocenters. The van der Waals surface area contributed by atoms with Gasteiger partial charge in [0.1, 0.15) is 11.9 Å². The smallest absolute Gasteiger partial charge is 0.226 e. The van der Waals surface area contributed by atoms with E-state index in [4.69, 9.17) is 0 Å². The number of hydrogen-bond acceptors (Lipinski definition) is 4. The van der Waals surface area contributed by atoms with E-state index in [1.54, 1.807) is 22.9 Å². The molecule has 2 aromatic carbocycles. The van der Waals surface area contributed by atoms with Crippen LogP contribution in [0.3, 0.4) is 0 Å². The number of Topliss-reactive ketones (excluding diaryl/α,β-unsaturated/α-hetero) is 1. The van der Waals surface area contributed by atoms with Gasteiger partial charge in [-0.25, -0.2) is 9.07 Å². The first-order valence-electron chi connectivity index (χ1n) is 9.43. The molecule has 1 aliphatic carbocycles. The Kier molecular flexibility index (Phi) is 3.86. The summed E-state index contributed by atoms with van der Waals surface area (Å²) in [5, 5.41) is 7.94. The van der Waals surface area contributed by atoms with E-state index in [-0.39, 0.29) is 11.6 Å². The average molecular weight is 374 g/mol. The minimum atomic E-state index is -0.605. The van der Waals surface area contributed by atoms with Gasteiger partial charge in [0.2, 0.25) is 5.95 Å². The lowest BCUT2D eigenvalue weighted by Gasteiger charge is -2.32. The van der Waals surface area contributed by atoms with Crippen LogP contribution in [0.4, 0.5) is 10.3 Å². The summed E-state index contributed by atoms with van der Waals surface area (Å²) in [6, 6.07) is 13.9. The topological polar surface area (TPSA) is 59.8 Å². The molecule has 0 radical (unpaired) electrons. The number of nitrogens with zero attached hydrogens (tertiary/aromatic N) is 3. The summed E-state index contributed by atoms with van der Waals surface area (Å²) in [5.74, 6) is 0.784. The Hall–Kier alpha value is -3.28. The molecule has 3 aromatic rings. The predicted molar refractivity (Wildman–Crippen MR) is 104 cm³/mol. The Morgan fingerprint density at radius 2 is 1.89 bits per heavy atom. The molecule has 0 unspecified atom stereocenters. The summed E-state index contributed by atoms with van der Waals surface area (Å²) < 4.78 is 16.4. The van der Waals surface area contributed by atoms with Crippen LogP contribution in [0, 0.1) is 12.7 Å². The Morgan fingerprint density at radius 1 is 1.11 bits per heavy atom. The van der Waals surface area contributed by atoms with Gasteiger partial charge >= 0.3 is 0 Å². The largest absolute Gasteiger partial charge is 0.328 e. The van der Waals surface area contributed by atoms with E-state index < -0.39 is 6.04 Å². The lowest BCUT2D eigenvalue weighted by molar-refractivity contribution is -0.116. The number of aromatic nitrogens is 3. The van der Waals surface area contributed by atoms with E-state index in [1.807, 2.05) is 31.2 Å². The van der Waals surface area contributed by atoms with Gasteiger partial charge in [-0.3, -0.25) is 4.79 Å². The average Bonchev–Trinajstić information content (AvgIpc) is 3.11. The zero-order valence-electron chi connectivity index (χ0n) is 15.4. The fourth-order valence-corrected chi connectivity index (χ4v) is 3.97. The van der Waals surface area contributed by atoms with Gasteiger partial charge < -0.3 is 5.32 Å². The number of aryl methyl sites for hydroxylation is 1. The molecule has 0 fully saturated rings. The number of rotatable bonds is 2. The third-order valence-electron chi connectivity index (χ3n) is 5.38. The van der Waals surface area contributed by atoms with Crippen LogP contribution in [0.25, 0.3) is 11.4 Å². The maximum Gasteiger partial charge on any atom is 0.226 e. The minimum Gasteiger partial charge on any atom is -0.328 e. The van der Waals surface area contributed by atoms with Crippen LogP contribution in [0.5, 0.6) is 0 Å². The van der Waals surface area contributed by atoms with Crippen LogP contribution in [0.15, 0.2) is 59.8 Å². The Morgan fingerprint density at radius 3 is 2.68 bits per heavy atom. The first-order chi connectivity index (χ1) is 13.6. The van der Waals surface area contributed by atoms with Crippen LogP contribution in [-0.2, 0) is 4.79 Å². The van der Waals surface area contributed by atoms with E-state index in [9.17, 15) is 9.18 Å². The molecule has 6 heteroatoms. The summed E-state index contributed by atoms with van der Waals surface area (Å²) in [6.45, 7) is 2.02. The number of allylic oxidation sites excluding steroid dienone is 2. The van der Waals surface area contributed by atoms with E-state index in [1.165, 1.54) is 6.07 Å². The first-order valence-corrected chi connectivity index (χ1v) is 9.43. The summed E-state index contributed by atoms with van der Waals surface area (Å²) in [5.41, 5.74) is 3.90. The van der Waals surface area contributed by atoms with Gasteiger partial charge in [-0.15, -0.1) is 5.10 Å². The standard InChI is InChI=1S/C22H19FN4O/c1-13-9-11-14(12-10-13)21-25-22-24-17-7-4-8-18(28)19(17)20(27(22)26-21)15-5-2-3-6-16(15)23/h2-3,5-6,9-12,20H,4,7-8H2,1H3,(H,24,25,26)/t20-/m0/s1. The molecular formula is C22H19FN4O. The van der Waals surface area contributed by atoms with Crippen molar-refractivity contribution in [1.82, 2.24) is 14.8 Å². The number of hydrogen-bond donors (Lipinski definition) is 1. The van der Waals surface area contributed by atoms with Crippen molar-refractivity contribution in [1.29, 1.82) is 0 Å². The van der Waals surface area contributed by atoms with Crippen LogP contribution >= 0.6 is 0 Å². The van der Waals surface area contributed by atoms with Gasteiger partial charge in [0.05, 0.1) is 0 Å². The number of carbonyl (C=O) groups excluding carboxylic acids is 1. The molecule has 0 spiro atoms. The second-order valence-corrected chi connectivity index (χ2v) is 7.29. The molecule has 2 aliphatic rings. The molecule has 0 bridgehead atoms. The van der Waals surface area contributed by atoms with E-state index in [2.05, 4.69) is 15.4 Å². The van der Waals surface area contributed by atoms with Crippen LogP contribution in [-0.4, -0.2) is 20.5 Å². The van der Waals surface area contributed by atoms with Crippen LogP contribution in [0.1, 0.15) is 36.4 Å². The lowest BCUT2D eigenvalue weighted by Crippen LogP contribution is -2.32. The number of benzene rings is 2. The molecule has 28 heavy (non-hydrogen) atoms. The molecule has 2 heterocycles. The van der Waals surface area contributed by atoms with Gasteiger partial charge in [0.25, 0.3) is 0 Å². The third kappa shape index (κ3) is 2.64. The quantitative estimate of drug-likeness (QED) is 0.722. The molecule has 1 N–H and O–H groups in total. The summed E-state index contributed by atoms with van der Waals surface area (Å²) in [6.07, 6.45) is 2.01. The van der Waals surface area contributed by atoms with Crippen molar-refractivity contribution in [2.75, 3.05) is 5.32 Å². The van der Waals surface area contributed by atoms with Gasteiger partial charge in [-0.05, 0) is 25.8 Å². The highest BCUT2D eigenvalue weighted by molar-refractivity contribution is 5.99. The minimum absolute atomic E-state index is 0.0417. The Bertz CT molecular complexity index is 1110. The zero-order chi connectivity index (χ0) is 19.3. The van der Waals surface area contributed by atoms with Crippen molar-refractivity contribution >= 4 is 11.7 Å². The van der Waals surface area contributed by atoms with Crippen LogP contribution in [0.2, 0.25) is 0 Å². The molecule has 1 aromatic heterocycles. The summed E-state index contributed by atoms with van der Waals surface area (Å²) in [7, 11) is 0. The molecule has 140 valence electrons. The first kappa shape index (κ1) is 16.9. The van der Waals surface area contributed by atoms with Crippen LogP contribution < -0.4 is 5.32 Å². The normalized spacial score (nSPS) is 18.5. The number of halogens is 1. The van der Waals surface area contributed by atoms with Gasteiger partial charge in [0, 0.05) is 28.8 Å². The molecule has 5 nitrogen and oxygen atoms in total. The van der Waals surface area contributed by atoms with E-state index in [0.29, 0.717) is 29.3 Å². The fourth-order valence-electron chi connectivity index (χ4n) is 3.97. The summed E-state index contributed by atoms with van der Waals surface area (Å²) in [4.78, 5) is 17.4. The molecule has 0 saturated carbocycles. The van der Waals surface area contributed by atoms with Crippen molar-refractivity contribution in [3.05, 3.63) is 76.7 Å². The van der Waals surface area contributed by atoms with Crippen molar-refractivity contribution in [2.24, 2.45) is 0 Å². The van der Waals surface area contributed by atoms with Crippen molar-refractivity contribution in [2.45, 2.75) is 32.2 Å². The fraction of sp³-hybridized carbons (Fsp3) is 0.227. The SMILES string of the molecule is Cc1ccc(-c2nc3n(n2)[C@@H](c2ccccc2F)C2=C(CCCC2=O)N3)cc1.